The normalized spacial score (nSPS) is 24.0. The summed E-state index contributed by atoms with van der Waals surface area (Å²) in [5.74, 6) is 0.155. The van der Waals surface area contributed by atoms with Crippen molar-refractivity contribution in [2.45, 2.75) is 75.2 Å². The number of nitrogens with two attached hydrogens (primary N) is 1. The highest BCUT2D eigenvalue weighted by atomic mass is 32.2. The Morgan fingerprint density at radius 2 is 2.00 bits per heavy atom. The van der Waals surface area contributed by atoms with Crippen LogP contribution in [0.3, 0.4) is 0 Å². The summed E-state index contributed by atoms with van der Waals surface area (Å²) in [6.07, 6.45) is 5.16. The Morgan fingerprint density at radius 3 is 2.71 bits per heavy atom. The topological polar surface area (TPSA) is 142 Å². The van der Waals surface area contributed by atoms with E-state index in [2.05, 4.69) is 21.3 Å². The number of hydrogen-bond acceptors (Lipinski definition) is 5. The second kappa shape index (κ2) is 11.1. The monoisotopic (exact) mass is 413 g/mol. The van der Waals surface area contributed by atoms with Gasteiger partial charge in [-0.15, -0.1) is 0 Å². The minimum Gasteiger partial charge on any atom is -0.368 e. The minimum atomic E-state index is -0.652. The fourth-order valence-corrected chi connectivity index (χ4v) is 5.14. The number of urea groups is 1. The number of thioether (sulfide) groups is 1. The summed E-state index contributed by atoms with van der Waals surface area (Å²) in [6, 6.07) is -0.265. The van der Waals surface area contributed by atoms with Crippen molar-refractivity contribution in [1.29, 1.82) is 0 Å². The van der Waals surface area contributed by atoms with Crippen LogP contribution in [-0.4, -0.2) is 59.4 Å². The maximum atomic E-state index is 11.9. The average Bonchev–Trinajstić information content (AvgIpc) is 3.16. The quantitative estimate of drug-likeness (QED) is 0.226. The number of rotatable bonds is 12. The van der Waals surface area contributed by atoms with Gasteiger partial charge in [0.25, 0.3) is 0 Å². The Labute approximate surface area is 169 Å². The van der Waals surface area contributed by atoms with Gasteiger partial charge < -0.3 is 27.0 Å². The van der Waals surface area contributed by atoms with Gasteiger partial charge in [0.15, 0.2) is 0 Å². The van der Waals surface area contributed by atoms with Gasteiger partial charge in [-0.2, -0.15) is 11.8 Å². The zero-order valence-corrected chi connectivity index (χ0v) is 17.1. The molecule has 0 aliphatic carbocycles. The van der Waals surface area contributed by atoms with Gasteiger partial charge in [-0.3, -0.25) is 14.4 Å². The molecule has 158 valence electrons. The number of nitrogens with one attached hydrogen (secondary N) is 4. The maximum absolute atomic E-state index is 11.9. The van der Waals surface area contributed by atoms with Gasteiger partial charge in [0.05, 0.1) is 12.1 Å². The van der Waals surface area contributed by atoms with E-state index in [4.69, 9.17) is 5.73 Å². The van der Waals surface area contributed by atoms with E-state index >= 15 is 0 Å². The lowest BCUT2D eigenvalue weighted by Gasteiger charge is -2.16. The smallest absolute Gasteiger partial charge is 0.315 e. The predicted octanol–water partition coefficient (Wildman–Crippen LogP) is -0.0113. The van der Waals surface area contributed by atoms with Gasteiger partial charge in [-0.1, -0.05) is 6.42 Å². The number of carbonyl (C=O) groups excluding carboxylic acids is 4. The van der Waals surface area contributed by atoms with Gasteiger partial charge in [-0.05, 0) is 32.1 Å². The minimum absolute atomic E-state index is 0.0288. The van der Waals surface area contributed by atoms with Crippen molar-refractivity contribution in [1.82, 2.24) is 21.3 Å². The molecule has 1 unspecified atom stereocenters. The van der Waals surface area contributed by atoms with Crippen LogP contribution < -0.4 is 27.0 Å². The van der Waals surface area contributed by atoms with Crippen molar-refractivity contribution in [2.24, 2.45) is 5.73 Å². The molecule has 28 heavy (non-hydrogen) atoms. The Bertz CT molecular complexity index is 588. The molecule has 0 saturated carbocycles. The van der Waals surface area contributed by atoms with Crippen molar-refractivity contribution in [2.75, 3.05) is 12.3 Å². The Morgan fingerprint density at radius 1 is 1.21 bits per heavy atom. The van der Waals surface area contributed by atoms with Crippen LogP contribution in [0, 0.1) is 0 Å². The Hall–Kier alpha value is -1.97. The van der Waals surface area contributed by atoms with Crippen LogP contribution in [0.25, 0.3) is 0 Å². The van der Waals surface area contributed by atoms with Crippen LogP contribution >= 0.6 is 11.8 Å². The van der Waals surface area contributed by atoms with E-state index in [-0.39, 0.29) is 29.9 Å². The first-order chi connectivity index (χ1) is 13.4. The first-order valence-electron chi connectivity index (χ1n) is 9.88. The van der Waals surface area contributed by atoms with Crippen LogP contribution in [0.15, 0.2) is 0 Å². The molecular weight excluding hydrogens is 382 g/mol. The highest BCUT2D eigenvalue weighted by molar-refractivity contribution is 8.00. The summed E-state index contributed by atoms with van der Waals surface area (Å²) in [5.41, 5.74) is 5.25. The third-order valence-corrected chi connectivity index (χ3v) is 6.55. The lowest BCUT2D eigenvalue weighted by Crippen LogP contribution is -2.43. The molecule has 0 aromatic carbocycles. The molecule has 2 aliphatic rings. The number of hydrogen-bond donors (Lipinski definition) is 5. The predicted molar refractivity (Wildman–Crippen MR) is 108 cm³/mol. The fourth-order valence-electron chi connectivity index (χ4n) is 3.59. The summed E-state index contributed by atoms with van der Waals surface area (Å²) in [5, 5.41) is 11.7. The van der Waals surface area contributed by atoms with E-state index in [1.165, 1.54) is 6.92 Å². The summed E-state index contributed by atoms with van der Waals surface area (Å²) in [7, 11) is 0. The second-order valence-electron chi connectivity index (χ2n) is 7.37. The van der Waals surface area contributed by atoms with Crippen LogP contribution in [0.1, 0.15) is 51.9 Å². The van der Waals surface area contributed by atoms with Gasteiger partial charge in [-0.25, -0.2) is 4.79 Å². The van der Waals surface area contributed by atoms with Crippen LogP contribution in [-0.2, 0) is 14.4 Å². The maximum Gasteiger partial charge on any atom is 0.315 e. The molecule has 0 aromatic heterocycles. The van der Waals surface area contributed by atoms with Gasteiger partial charge in [0.1, 0.15) is 6.04 Å². The standard InChI is InChI=1S/C18H31N5O4S/c1-11(24)21-12(17(19)26)6-4-5-9-20-15(25)8-3-2-7-14-16-13(10-28-14)22-18(27)23-16/h12-14,16H,2-10H2,1H3,(H2,19,26)(H,20,25)(H,21,24)(H2,22,23,27)/t12-,13-,14?,16-/m0/s1. The molecule has 2 fully saturated rings. The SMILES string of the molecule is CC(=O)N[C@@H](CCCCNC(=O)CCCCC1SC[C@@H]2NC(=O)N[C@H]12)C(N)=O. The van der Waals surface area contributed by atoms with Gasteiger partial charge >= 0.3 is 6.03 Å². The van der Waals surface area contributed by atoms with E-state index in [9.17, 15) is 19.2 Å². The molecule has 4 atom stereocenters. The molecule has 0 spiro atoms. The number of primary amides is 1. The molecule has 2 heterocycles. The van der Waals surface area contributed by atoms with Gasteiger partial charge in [0, 0.05) is 30.9 Å². The summed E-state index contributed by atoms with van der Waals surface area (Å²) in [6.45, 7) is 1.89. The van der Waals surface area contributed by atoms with Crippen LogP contribution in [0.2, 0.25) is 0 Å². The van der Waals surface area contributed by atoms with Crippen LogP contribution in [0.5, 0.6) is 0 Å². The largest absolute Gasteiger partial charge is 0.368 e. The lowest BCUT2D eigenvalue weighted by atomic mass is 10.0. The molecule has 5 amide bonds. The van der Waals surface area contributed by atoms with E-state index < -0.39 is 11.9 Å². The Balaban J connectivity index is 1.48. The third kappa shape index (κ3) is 7.21. The summed E-state index contributed by atoms with van der Waals surface area (Å²) in [4.78, 5) is 45.5. The molecule has 2 aliphatic heterocycles. The first kappa shape index (κ1) is 22.3. The van der Waals surface area contributed by atoms with Crippen molar-refractivity contribution in [3.05, 3.63) is 0 Å². The lowest BCUT2D eigenvalue weighted by molar-refractivity contribution is -0.126. The number of amides is 5. The second-order valence-corrected chi connectivity index (χ2v) is 8.64. The molecular formula is C18H31N5O4S. The Kier molecular flexibility index (Phi) is 8.88. The molecule has 0 radical (unpaired) electrons. The number of unbranched alkanes of at least 4 members (excludes halogenated alkanes) is 2. The zero-order valence-electron chi connectivity index (χ0n) is 16.3. The molecule has 0 aromatic rings. The number of fused-ring (bicyclic) bond motifs is 1. The fraction of sp³-hybridized carbons (Fsp3) is 0.778. The first-order valence-corrected chi connectivity index (χ1v) is 10.9. The third-order valence-electron chi connectivity index (χ3n) is 5.04. The summed E-state index contributed by atoms with van der Waals surface area (Å²) >= 11 is 1.89. The average molecular weight is 414 g/mol. The van der Waals surface area contributed by atoms with Crippen LogP contribution in [0.4, 0.5) is 4.79 Å². The van der Waals surface area contributed by atoms with Crippen molar-refractivity contribution in [3.8, 4) is 0 Å². The molecule has 2 saturated heterocycles. The summed E-state index contributed by atoms with van der Waals surface area (Å²) < 4.78 is 0. The molecule has 9 nitrogen and oxygen atoms in total. The van der Waals surface area contributed by atoms with E-state index in [1.807, 2.05) is 11.8 Å². The van der Waals surface area contributed by atoms with E-state index in [1.54, 1.807) is 0 Å². The molecule has 10 heteroatoms. The molecule has 6 N–H and O–H groups in total. The van der Waals surface area contributed by atoms with Gasteiger partial charge in [0.2, 0.25) is 17.7 Å². The highest BCUT2D eigenvalue weighted by Crippen LogP contribution is 2.33. The van der Waals surface area contributed by atoms with Crippen molar-refractivity contribution in [3.63, 3.8) is 0 Å². The van der Waals surface area contributed by atoms with Crippen molar-refractivity contribution < 1.29 is 19.2 Å². The molecule has 2 rings (SSSR count). The highest BCUT2D eigenvalue weighted by Gasteiger charge is 2.42. The number of carbonyl (C=O) groups is 4. The van der Waals surface area contributed by atoms with E-state index in [0.29, 0.717) is 31.1 Å². The van der Waals surface area contributed by atoms with E-state index in [0.717, 1.165) is 31.4 Å². The zero-order chi connectivity index (χ0) is 20.5. The molecule has 0 bridgehead atoms. The van der Waals surface area contributed by atoms with Crippen molar-refractivity contribution >= 4 is 35.5 Å².